The van der Waals surface area contributed by atoms with Gasteiger partial charge < -0.3 is 4.52 Å². The van der Waals surface area contributed by atoms with Crippen LogP contribution in [-0.4, -0.2) is 22.1 Å². The summed E-state index contributed by atoms with van der Waals surface area (Å²) in [6.07, 6.45) is 0. The van der Waals surface area contributed by atoms with Crippen molar-refractivity contribution in [1.29, 1.82) is 0 Å². The molecule has 0 amide bonds. The van der Waals surface area contributed by atoms with Gasteiger partial charge in [0.25, 0.3) is 0 Å². The van der Waals surface area contributed by atoms with Crippen LogP contribution in [-0.2, 0) is 12.0 Å². The van der Waals surface area contributed by atoms with Crippen LogP contribution >= 0.6 is 23.2 Å². The van der Waals surface area contributed by atoms with Crippen LogP contribution in [0, 0.1) is 0 Å². The Morgan fingerprint density at radius 1 is 1.23 bits per heavy atom. The summed E-state index contributed by atoms with van der Waals surface area (Å²) < 4.78 is 5.40. The topological polar surface area (TPSA) is 42.2 Å². The molecule has 0 aliphatic rings. The zero-order valence-corrected chi connectivity index (χ0v) is 15.0. The first-order chi connectivity index (χ1) is 10.2. The van der Waals surface area contributed by atoms with E-state index in [0.29, 0.717) is 22.5 Å². The highest BCUT2D eigenvalue weighted by molar-refractivity contribution is 6.42. The fourth-order valence-corrected chi connectivity index (χ4v) is 2.28. The van der Waals surface area contributed by atoms with Crippen LogP contribution in [0.4, 0.5) is 0 Å². The van der Waals surface area contributed by atoms with Gasteiger partial charge in [-0.3, -0.25) is 4.90 Å². The molecule has 1 aromatic carbocycles. The third kappa shape index (κ3) is 4.00. The standard InChI is InChI=1S/C16H21Cl2N3O/c1-10(14-19-15(20-22-14)16(2,3)4)21(5)9-11-6-7-12(17)13(18)8-11/h6-8,10H,9H2,1-5H3. The molecule has 0 saturated heterocycles. The number of nitrogens with zero attached hydrogens (tertiary/aromatic N) is 3. The number of rotatable bonds is 4. The van der Waals surface area contributed by atoms with Crippen LogP contribution < -0.4 is 0 Å². The minimum atomic E-state index is -0.121. The van der Waals surface area contributed by atoms with Crippen molar-refractivity contribution in [3.63, 3.8) is 0 Å². The van der Waals surface area contributed by atoms with E-state index in [4.69, 9.17) is 27.7 Å². The minimum absolute atomic E-state index is 0.0121. The van der Waals surface area contributed by atoms with E-state index in [0.717, 1.165) is 11.4 Å². The summed E-state index contributed by atoms with van der Waals surface area (Å²) in [6, 6.07) is 5.66. The number of benzene rings is 1. The molecule has 2 aromatic rings. The fourth-order valence-electron chi connectivity index (χ4n) is 1.96. The van der Waals surface area contributed by atoms with Gasteiger partial charge in [0.15, 0.2) is 5.82 Å². The van der Waals surface area contributed by atoms with E-state index in [1.54, 1.807) is 0 Å². The predicted octanol–water partition coefficient (Wildman–Crippen LogP) is 4.87. The maximum absolute atomic E-state index is 6.06. The molecule has 0 bridgehead atoms. The molecule has 4 nitrogen and oxygen atoms in total. The molecular weight excluding hydrogens is 321 g/mol. The van der Waals surface area contributed by atoms with E-state index >= 15 is 0 Å². The van der Waals surface area contributed by atoms with Crippen molar-refractivity contribution in [2.45, 2.75) is 45.7 Å². The summed E-state index contributed by atoms with van der Waals surface area (Å²) in [4.78, 5) is 6.63. The third-order valence-corrected chi connectivity index (χ3v) is 4.29. The Bertz CT molecular complexity index is 649. The van der Waals surface area contributed by atoms with Crippen molar-refractivity contribution in [2.24, 2.45) is 0 Å². The van der Waals surface area contributed by atoms with Gasteiger partial charge in [0.05, 0.1) is 16.1 Å². The lowest BCUT2D eigenvalue weighted by atomic mass is 9.96. The Morgan fingerprint density at radius 2 is 1.91 bits per heavy atom. The summed E-state index contributed by atoms with van der Waals surface area (Å²) in [7, 11) is 2.01. The Labute approximate surface area is 141 Å². The average molecular weight is 342 g/mol. The summed E-state index contributed by atoms with van der Waals surface area (Å²) in [5.74, 6) is 1.34. The first kappa shape index (κ1) is 17.3. The van der Waals surface area contributed by atoms with Gasteiger partial charge in [0.1, 0.15) is 0 Å². The average Bonchev–Trinajstić information content (AvgIpc) is 2.91. The zero-order valence-electron chi connectivity index (χ0n) is 13.5. The van der Waals surface area contributed by atoms with Crippen LogP contribution in [0.1, 0.15) is 51.0 Å². The Hall–Kier alpha value is -1.10. The highest BCUT2D eigenvalue weighted by Crippen LogP contribution is 2.26. The summed E-state index contributed by atoms with van der Waals surface area (Å²) in [5, 5.41) is 5.20. The maximum Gasteiger partial charge on any atom is 0.243 e. The van der Waals surface area contributed by atoms with Crippen molar-refractivity contribution in [3.05, 3.63) is 45.5 Å². The molecule has 0 aliphatic carbocycles. The molecule has 1 atom stereocenters. The molecule has 0 spiro atoms. The monoisotopic (exact) mass is 341 g/mol. The van der Waals surface area contributed by atoms with E-state index in [1.165, 1.54) is 0 Å². The first-order valence-corrected chi connectivity index (χ1v) is 7.92. The van der Waals surface area contributed by atoms with Gasteiger partial charge in [-0.1, -0.05) is 55.2 Å². The van der Waals surface area contributed by atoms with Crippen molar-refractivity contribution in [3.8, 4) is 0 Å². The van der Waals surface area contributed by atoms with Crippen LogP contribution in [0.3, 0.4) is 0 Å². The maximum atomic E-state index is 6.06. The molecule has 0 saturated carbocycles. The highest BCUT2D eigenvalue weighted by Gasteiger charge is 2.24. The Kier molecular flexibility index (Phi) is 5.15. The molecular formula is C16H21Cl2N3O. The highest BCUT2D eigenvalue weighted by atomic mass is 35.5. The van der Waals surface area contributed by atoms with E-state index in [-0.39, 0.29) is 11.5 Å². The Balaban J connectivity index is 2.10. The van der Waals surface area contributed by atoms with Crippen molar-refractivity contribution < 1.29 is 4.52 Å². The fraction of sp³-hybridized carbons (Fsp3) is 0.500. The molecule has 2 rings (SSSR count). The number of halogens is 2. The lowest BCUT2D eigenvalue weighted by Crippen LogP contribution is -2.22. The van der Waals surface area contributed by atoms with Gasteiger partial charge in [-0.2, -0.15) is 4.98 Å². The molecule has 0 N–H and O–H groups in total. The lowest BCUT2D eigenvalue weighted by Gasteiger charge is -2.21. The summed E-state index contributed by atoms with van der Waals surface area (Å²) in [5.41, 5.74) is 0.961. The number of hydrogen-bond donors (Lipinski definition) is 0. The lowest BCUT2D eigenvalue weighted by molar-refractivity contribution is 0.202. The van der Waals surface area contributed by atoms with E-state index in [2.05, 4.69) is 35.8 Å². The Morgan fingerprint density at radius 3 is 2.45 bits per heavy atom. The first-order valence-electron chi connectivity index (χ1n) is 7.16. The smallest absolute Gasteiger partial charge is 0.243 e. The second-order valence-electron chi connectivity index (χ2n) is 6.55. The molecule has 1 aromatic heterocycles. The van der Waals surface area contributed by atoms with Crippen LogP contribution in [0.25, 0.3) is 0 Å². The second kappa shape index (κ2) is 6.57. The van der Waals surface area contributed by atoms with Crippen molar-refractivity contribution in [2.75, 3.05) is 7.05 Å². The molecule has 0 fully saturated rings. The molecule has 0 radical (unpaired) electrons. The zero-order chi connectivity index (χ0) is 16.5. The normalized spacial score (nSPS) is 13.6. The van der Waals surface area contributed by atoms with E-state index < -0.39 is 0 Å². The van der Waals surface area contributed by atoms with Crippen molar-refractivity contribution >= 4 is 23.2 Å². The molecule has 1 unspecified atom stereocenters. The second-order valence-corrected chi connectivity index (χ2v) is 7.36. The van der Waals surface area contributed by atoms with E-state index in [1.807, 2.05) is 32.2 Å². The molecule has 6 heteroatoms. The molecule has 120 valence electrons. The van der Waals surface area contributed by atoms with Crippen molar-refractivity contribution in [1.82, 2.24) is 15.0 Å². The van der Waals surface area contributed by atoms with E-state index in [9.17, 15) is 0 Å². The van der Waals surface area contributed by atoms with Crippen LogP contribution in [0.5, 0.6) is 0 Å². The quantitative estimate of drug-likeness (QED) is 0.795. The van der Waals surface area contributed by atoms with Crippen LogP contribution in [0.2, 0.25) is 10.0 Å². The third-order valence-electron chi connectivity index (χ3n) is 3.55. The molecule has 22 heavy (non-hydrogen) atoms. The predicted molar refractivity (Wildman–Crippen MR) is 89.3 cm³/mol. The molecule has 1 heterocycles. The SMILES string of the molecule is CC(c1nc(C(C)(C)C)no1)N(C)Cc1ccc(Cl)c(Cl)c1. The minimum Gasteiger partial charge on any atom is -0.338 e. The molecule has 0 aliphatic heterocycles. The number of aromatic nitrogens is 2. The summed E-state index contributed by atoms with van der Waals surface area (Å²) >= 11 is 12.0. The van der Waals surface area contributed by atoms with Crippen LogP contribution in [0.15, 0.2) is 22.7 Å². The largest absolute Gasteiger partial charge is 0.338 e. The van der Waals surface area contributed by atoms with Gasteiger partial charge in [0, 0.05) is 12.0 Å². The summed E-state index contributed by atoms with van der Waals surface area (Å²) in [6.45, 7) is 8.94. The van der Waals surface area contributed by atoms with Gasteiger partial charge in [0.2, 0.25) is 5.89 Å². The van der Waals surface area contributed by atoms with Gasteiger partial charge in [-0.25, -0.2) is 0 Å². The van der Waals surface area contributed by atoms with Gasteiger partial charge >= 0.3 is 0 Å². The van der Waals surface area contributed by atoms with Gasteiger partial charge in [-0.05, 0) is 31.7 Å². The number of hydrogen-bond acceptors (Lipinski definition) is 4. The van der Waals surface area contributed by atoms with Gasteiger partial charge in [-0.15, -0.1) is 0 Å².